The van der Waals surface area contributed by atoms with Crippen molar-refractivity contribution in [2.24, 2.45) is 17.6 Å². The molecule has 0 amide bonds. The monoisotopic (exact) mass is 155 g/mol. The Morgan fingerprint density at radius 1 is 1.27 bits per heavy atom. The van der Waals surface area contributed by atoms with Crippen molar-refractivity contribution in [1.29, 1.82) is 0 Å². The molecule has 1 fully saturated rings. The van der Waals surface area contributed by atoms with Crippen LogP contribution in [0.5, 0.6) is 0 Å². The highest BCUT2D eigenvalue weighted by atomic mass is 14.6. The van der Waals surface area contributed by atoms with Crippen LogP contribution in [-0.4, -0.2) is 6.04 Å². The molecule has 1 nitrogen and oxygen atoms in total. The van der Waals surface area contributed by atoms with Crippen molar-refractivity contribution in [2.45, 2.75) is 52.0 Å². The molecule has 2 unspecified atom stereocenters. The van der Waals surface area contributed by atoms with Crippen molar-refractivity contribution < 1.29 is 0 Å². The zero-order chi connectivity index (χ0) is 8.27. The number of rotatable bonds is 3. The van der Waals surface area contributed by atoms with Crippen molar-refractivity contribution in [1.82, 2.24) is 0 Å². The third-order valence-electron chi connectivity index (χ3n) is 3.23. The first-order valence-electron chi connectivity index (χ1n) is 5.03. The van der Waals surface area contributed by atoms with E-state index in [9.17, 15) is 0 Å². The second kappa shape index (κ2) is 4.10. The average molecular weight is 155 g/mol. The van der Waals surface area contributed by atoms with Gasteiger partial charge < -0.3 is 5.73 Å². The average Bonchev–Trinajstić information content (AvgIpc) is 2.39. The molecule has 1 aliphatic rings. The van der Waals surface area contributed by atoms with E-state index in [-0.39, 0.29) is 0 Å². The van der Waals surface area contributed by atoms with Gasteiger partial charge in [0.1, 0.15) is 0 Å². The summed E-state index contributed by atoms with van der Waals surface area (Å²) in [5.74, 6) is 1.89. The van der Waals surface area contributed by atoms with Crippen LogP contribution in [-0.2, 0) is 0 Å². The topological polar surface area (TPSA) is 26.0 Å². The Labute approximate surface area is 70.4 Å². The van der Waals surface area contributed by atoms with Gasteiger partial charge in [-0.05, 0) is 31.1 Å². The van der Waals surface area contributed by atoms with Crippen LogP contribution in [0.15, 0.2) is 0 Å². The lowest BCUT2D eigenvalue weighted by Gasteiger charge is -2.19. The first-order chi connectivity index (χ1) is 5.27. The lowest BCUT2D eigenvalue weighted by Crippen LogP contribution is -2.17. The van der Waals surface area contributed by atoms with E-state index in [1.165, 1.54) is 32.1 Å². The number of nitrogens with two attached hydrogens (primary N) is 1. The van der Waals surface area contributed by atoms with Crippen molar-refractivity contribution in [3.8, 4) is 0 Å². The molecule has 0 bridgehead atoms. The van der Waals surface area contributed by atoms with Crippen molar-refractivity contribution >= 4 is 0 Å². The fourth-order valence-electron chi connectivity index (χ4n) is 2.44. The van der Waals surface area contributed by atoms with Gasteiger partial charge in [-0.3, -0.25) is 0 Å². The first-order valence-corrected chi connectivity index (χ1v) is 5.03. The zero-order valence-electron chi connectivity index (χ0n) is 7.84. The minimum Gasteiger partial charge on any atom is -0.328 e. The molecule has 0 saturated heterocycles. The van der Waals surface area contributed by atoms with Crippen LogP contribution < -0.4 is 5.73 Å². The van der Waals surface area contributed by atoms with Gasteiger partial charge in [0.2, 0.25) is 0 Å². The largest absolute Gasteiger partial charge is 0.328 e. The molecule has 2 N–H and O–H groups in total. The maximum absolute atomic E-state index is 5.87. The van der Waals surface area contributed by atoms with E-state index in [2.05, 4.69) is 13.8 Å². The summed E-state index contributed by atoms with van der Waals surface area (Å²) in [6.45, 7) is 4.61. The molecule has 0 radical (unpaired) electrons. The molecule has 0 heterocycles. The standard InChI is InChI=1S/C10H21N/c1-3-8(4-2)9-5-6-10(11)7-9/h8-10H,3-7,11H2,1-2H3. The molecule has 1 heteroatoms. The Morgan fingerprint density at radius 3 is 2.27 bits per heavy atom. The molecule has 1 saturated carbocycles. The van der Waals surface area contributed by atoms with Crippen molar-refractivity contribution in [3.05, 3.63) is 0 Å². The lowest BCUT2D eigenvalue weighted by atomic mass is 9.87. The fraction of sp³-hybridized carbons (Fsp3) is 1.00. The summed E-state index contributed by atoms with van der Waals surface area (Å²) in [6, 6.07) is 0.514. The fourth-order valence-corrected chi connectivity index (χ4v) is 2.44. The van der Waals surface area contributed by atoms with Gasteiger partial charge >= 0.3 is 0 Å². The van der Waals surface area contributed by atoms with Gasteiger partial charge in [0.25, 0.3) is 0 Å². The van der Waals surface area contributed by atoms with Crippen molar-refractivity contribution in [2.75, 3.05) is 0 Å². The van der Waals surface area contributed by atoms with E-state index in [0.717, 1.165) is 11.8 Å². The summed E-state index contributed by atoms with van der Waals surface area (Å²) in [5, 5.41) is 0. The third kappa shape index (κ3) is 2.19. The highest BCUT2D eigenvalue weighted by Gasteiger charge is 2.26. The quantitative estimate of drug-likeness (QED) is 0.666. The molecule has 11 heavy (non-hydrogen) atoms. The van der Waals surface area contributed by atoms with Crippen LogP contribution in [0.2, 0.25) is 0 Å². The van der Waals surface area contributed by atoms with Gasteiger partial charge in [0.05, 0.1) is 0 Å². The Morgan fingerprint density at radius 2 is 1.91 bits per heavy atom. The highest BCUT2D eigenvalue weighted by molar-refractivity contribution is 4.81. The van der Waals surface area contributed by atoms with Crippen LogP contribution >= 0.6 is 0 Å². The zero-order valence-corrected chi connectivity index (χ0v) is 7.84. The van der Waals surface area contributed by atoms with E-state index < -0.39 is 0 Å². The SMILES string of the molecule is CCC(CC)C1CCC(N)C1. The number of hydrogen-bond donors (Lipinski definition) is 1. The van der Waals surface area contributed by atoms with E-state index in [0.29, 0.717) is 6.04 Å². The summed E-state index contributed by atoms with van der Waals surface area (Å²) in [5.41, 5.74) is 5.87. The van der Waals surface area contributed by atoms with Crippen molar-refractivity contribution in [3.63, 3.8) is 0 Å². The summed E-state index contributed by atoms with van der Waals surface area (Å²) in [7, 11) is 0. The summed E-state index contributed by atoms with van der Waals surface area (Å²) < 4.78 is 0. The maximum Gasteiger partial charge on any atom is 0.00416 e. The predicted molar refractivity (Wildman–Crippen MR) is 49.4 cm³/mol. The number of hydrogen-bond acceptors (Lipinski definition) is 1. The van der Waals surface area contributed by atoms with Gasteiger partial charge in [-0.1, -0.05) is 26.7 Å². The first kappa shape index (κ1) is 9.05. The Balaban J connectivity index is 2.34. The molecule has 0 aromatic rings. The van der Waals surface area contributed by atoms with Crippen LogP contribution in [0.4, 0.5) is 0 Å². The van der Waals surface area contributed by atoms with Crippen LogP contribution in [0, 0.1) is 11.8 Å². The minimum atomic E-state index is 0.514. The predicted octanol–water partition coefficient (Wildman–Crippen LogP) is 2.55. The Bertz CT molecular complexity index is 107. The molecular formula is C10H21N. The van der Waals surface area contributed by atoms with Gasteiger partial charge in [0, 0.05) is 6.04 Å². The Kier molecular flexibility index (Phi) is 3.38. The van der Waals surface area contributed by atoms with Crippen LogP contribution in [0.1, 0.15) is 46.0 Å². The third-order valence-corrected chi connectivity index (χ3v) is 3.23. The van der Waals surface area contributed by atoms with E-state index in [4.69, 9.17) is 5.73 Å². The van der Waals surface area contributed by atoms with E-state index >= 15 is 0 Å². The van der Waals surface area contributed by atoms with E-state index in [1.807, 2.05) is 0 Å². The molecule has 0 aromatic heterocycles. The molecule has 1 aliphatic carbocycles. The molecule has 0 spiro atoms. The minimum absolute atomic E-state index is 0.514. The van der Waals surface area contributed by atoms with Gasteiger partial charge in [-0.15, -0.1) is 0 Å². The molecule has 0 aliphatic heterocycles. The molecule has 1 rings (SSSR count). The molecule has 2 atom stereocenters. The molecular weight excluding hydrogens is 134 g/mol. The summed E-state index contributed by atoms with van der Waals surface area (Å²) in [4.78, 5) is 0. The normalized spacial score (nSPS) is 31.6. The van der Waals surface area contributed by atoms with Crippen LogP contribution in [0.25, 0.3) is 0 Å². The van der Waals surface area contributed by atoms with E-state index in [1.54, 1.807) is 0 Å². The second-order valence-corrected chi connectivity index (χ2v) is 3.91. The maximum atomic E-state index is 5.87. The summed E-state index contributed by atoms with van der Waals surface area (Å²) in [6.07, 6.45) is 6.61. The lowest BCUT2D eigenvalue weighted by molar-refractivity contribution is 0.317. The summed E-state index contributed by atoms with van der Waals surface area (Å²) >= 11 is 0. The molecule has 0 aromatic carbocycles. The van der Waals surface area contributed by atoms with Crippen LogP contribution in [0.3, 0.4) is 0 Å². The Hall–Kier alpha value is -0.0400. The van der Waals surface area contributed by atoms with Gasteiger partial charge in [-0.2, -0.15) is 0 Å². The highest BCUT2D eigenvalue weighted by Crippen LogP contribution is 2.33. The van der Waals surface area contributed by atoms with Gasteiger partial charge in [-0.25, -0.2) is 0 Å². The van der Waals surface area contributed by atoms with Gasteiger partial charge in [0.15, 0.2) is 0 Å². The molecule has 66 valence electrons. The smallest absolute Gasteiger partial charge is 0.00416 e. The second-order valence-electron chi connectivity index (χ2n) is 3.91.